The van der Waals surface area contributed by atoms with Crippen molar-refractivity contribution in [2.45, 2.75) is 199 Å². The number of carbonyl (C=O) groups excluding carboxylic acids is 2. The Hall–Kier alpha value is -2.55. The summed E-state index contributed by atoms with van der Waals surface area (Å²) in [5.41, 5.74) is 0. The second kappa shape index (κ2) is 41.6. The number of aliphatic hydroxyl groups is 1. The van der Waals surface area contributed by atoms with Crippen molar-refractivity contribution in [3.05, 3.63) is 72.9 Å². The molecule has 10 heteroatoms. The van der Waals surface area contributed by atoms with E-state index in [1.807, 2.05) is 55.5 Å². The smallest absolute Gasteiger partial charge is 0.462 e. The highest BCUT2D eigenvalue weighted by molar-refractivity contribution is 7.46. The fourth-order valence-corrected chi connectivity index (χ4v) is 6.31. The van der Waals surface area contributed by atoms with E-state index >= 15 is 0 Å². The number of unbranched alkanes of at least 4 members (excludes halogenated alkanes) is 18. The maximum atomic E-state index is 12.4. The fourth-order valence-electron chi connectivity index (χ4n) is 5.95. The number of rotatable bonds is 40. The van der Waals surface area contributed by atoms with E-state index in [1.54, 1.807) is 0 Å². The predicted octanol–water partition coefficient (Wildman–Crippen LogP) is 12.8. The molecule has 0 saturated heterocycles. The monoisotopic (exact) mass is 821 g/mol. The minimum atomic E-state index is -4.79. The topological polar surface area (TPSA) is 140 Å². The van der Waals surface area contributed by atoms with E-state index in [1.165, 1.54) is 96.3 Å². The first kappa shape index (κ1) is 54.5. The van der Waals surface area contributed by atoms with Crippen LogP contribution in [0.1, 0.15) is 187 Å². The van der Waals surface area contributed by atoms with E-state index in [9.17, 15) is 19.3 Å². The van der Waals surface area contributed by atoms with Crippen molar-refractivity contribution in [1.29, 1.82) is 0 Å². The fraction of sp³-hybridized carbons (Fsp3) is 0.702. The molecule has 0 fully saturated rings. The number of hydrogen-bond donors (Lipinski definition) is 3. The minimum Gasteiger partial charge on any atom is -0.462 e. The van der Waals surface area contributed by atoms with Crippen LogP contribution in [-0.2, 0) is 28.2 Å². The first-order valence-electron chi connectivity index (χ1n) is 22.3. The summed E-state index contributed by atoms with van der Waals surface area (Å²) in [4.78, 5) is 42.9. The average Bonchev–Trinajstić information content (AvgIpc) is 3.18. The lowest BCUT2D eigenvalue weighted by Crippen LogP contribution is -2.29. The van der Waals surface area contributed by atoms with Crippen LogP contribution in [0.25, 0.3) is 0 Å². The van der Waals surface area contributed by atoms with E-state index in [4.69, 9.17) is 19.3 Å². The molecule has 3 N–H and O–H groups in total. The van der Waals surface area contributed by atoms with Crippen LogP contribution in [-0.4, -0.2) is 52.3 Å². The maximum Gasteiger partial charge on any atom is 0.469 e. The number of allylic oxidation sites excluding steroid dienone is 10. The van der Waals surface area contributed by atoms with Crippen LogP contribution in [0.5, 0.6) is 0 Å². The Morgan fingerprint density at radius 2 is 1.05 bits per heavy atom. The summed E-state index contributed by atoms with van der Waals surface area (Å²) in [6.07, 6.45) is 51.2. The van der Waals surface area contributed by atoms with E-state index in [-0.39, 0.29) is 19.4 Å². The summed E-state index contributed by atoms with van der Waals surface area (Å²) in [5.74, 6) is -0.979. The van der Waals surface area contributed by atoms with Crippen LogP contribution in [0, 0.1) is 0 Å². The molecule has 0 radical (unpaired) electrons. The number of ether oxygens (including phenoxy) is 2. The summed E-state index contributed by atoms with van der Waals surface area (Å²) in [6, 6.07) is 0. The lowest BCUT2D eigenvalue weighted by molar-refractivity contribution is -0.161. The molecule has 0 aromatic heterocycles. The Bertz CT molecular complexity index is 1170. The van der Waals surface area contributed by atoms with E-state index in [2.05, 4.69) is 35.8 Å². The van der Waals surface area contributed by atoms with Gasteiger partial charge in [-0.2, -0.15) is 0 Å². The summed E-state index contributed by atoms with van der Waals surface area (Å²) in [6.45, 7) is 3.40. The van der Waals surface area contributed by atoms with Gasteiger partial charge in [0.25, 0.3) is 0 Å². The van der Waals surface area contributed by atoms with E-state index in [0.717, 1.165) is 38.5 Å². The first-order chi connectivity index (χ1) is 27.7. The molecule has 0 aromatic rings. The van der Waals surface area contributed by atoms with Crippen LogP contribution in [0.4, 0.5) is 0 Å². The third kappa shape index (κ3) is 44.4. The highest BCUT2D eigenvalue weighted by Gasteiger charge is 2.22. The molecule has 1 unspecified atom stereocenters. The minimum absolute atomic E-state index is 0.113. The molecule has 328 valence electrons. The maximum absolute atomic E-state index is 12.4. The number of esters is 2. The summed E-state index contributed by atoms with van der Waals surface area (Å²) in [7, 11) is -4.79. The van der Waals surface area contributed by atoms with Gasteiger partial charge in [-0.25, -0.2) is 4.57 Å². The van der Waals surface area contributed by atoms with Crippen LogP contribution >= 0.6 is 7.82 Å². The number of hydrogen-bond acceptors (Lipinski definition) is 7. The first-order valence-corrected chi connectivity index (χ1v) is 23.9. The molecule has 57 heavy (non-hydrogen) atoms. The van der Waals surface area contributed by atoms with Gasteiger partial charge in [0, 0.05) is 12.8 Å². The summed E-state index contributed by atoms with van der Waals surface area (Å²) in [5, 5.41) is 9.75. The molecule has 0 aliphatic carbocycles. The van der Waals surface area contributed by atoms with Gasteiger partial charge in [-0.05, 0) is 70.6 Å². The molecule has 0 heterocycles. The molecule has 0 aliphatic heterocycles. The van der Waals surface area contributed by atoms with Crippen molar-refractivity contribution in [3.63, 3.8) is 0 Å². The van der Waals surface area contributed by atoms with Gasteiger partial charge >= 0.3 is 19.8 Å². The van der Waals surface area contributed by atoms with Crippen molar-refractivity contribution >= 4 is 19.8 Å². The number of carbonyl (C=O) groups is 2. The quantitative estimate of drug-likeness (QED) is 0.0181. The highest BCUT2D eigenvalue weighted by Crippen LogP contribution is 2.36. The third-order valence-electron chi connectivity index (χ3n) is 9.28. The Morgan fingerprint density at radius 3 is 1.65 bits per heavy atom. The molecule has 0 spiro atoms. The van der Waals surface area contributed by atoms with Gasteiger partial charge in [0.15, 0.2) is 6.10 Å². The van der Waals surface area contributed by atoms with Crippen molar-refractivity contribution in [3.8, 4) is 0 Å². The molecule has 0 saturated carbocycles. The van der Waals surface area contributed by atoms with Crippen molar-refractivity contribution in [2.24, 2.45) is 0 Å². The molecular weight excluding hydrogens is 739 g/mol. The van der Waals surface area contributed by atoms with Gasteiger partial charge < -0.3 is 24.4 Å². The van der Waals surface area contributed by atoms with E-state index in [0.29, 0.717) is 25.7 Å². The second-order valence-corrected chi connectivity index (χ2v) is 16.1. The molecule has 0 bridgehead atoms. The van der Waals surface area contributed by atoms with Gasteiger partial charge in [-0.1, -0.05) is 177 Å². The zero-order valence-corrected chi connectivity index (χ0v) is 36.7. The second-order valence-electron chi connectivity index (χ2n) is 14.8. The molecule has 0 amide bonds. The Morgan fingerprint density at radius 1 is 0.561 bits per heavy atom. The van der Waals surface area contributed by atoms with Crippen molar-refractivity contribution in [1.82, 2.24) is 0 Å². The number of phosphoric acid groups is 1. The van der Waals surface area contributed by atoms with Crippen LogP contribution < -0.4 is 0 Å². The zero-order valence-electron chi connectivity index (χ0n) is 35.8. The normalized spacial score (nSPS) is 13.7. The molecular formula is C47H81O9P. The Balaban J connectivity index is 3.99. The van der Waals surface area contributed by atoms with E-state index < -0.39 is 38.6 Å². The van der Waals surface area contributed by atoms with Crippen molar-refractivity contribution < 1.29 is 43.0 Å². The third-order valence-corrected chi connectivity index (χ3v) is 9.77. The van der Waals surface area contributed by atoms with Gasteiger partial charge in [-0.3, -0.25) is 14.1 Å². The molecule has 0 aromatic carbocycles. The van der Waals surface area contributed by atoms with Crippen LogP contribution in [0.2, 0.25) is 0 Å². The largest absolute Gasteiger partial charge is 0.469 e. The van der Waals surface area contributed by atoms with Gasteiger partial charge in [0.2, 0.25) is 0 Å². The highest BCUT2D eigenvalue weighted by atomic mass is 31.2. The van der Waals surface area contributed by atoms with Gasteiger partial charge in [-0.15, -0.1) is 0 Å². The average molecular weight is 821 g/mol. The molecule has 0 aliphatic rings. The molecule has 2 atom stereocenters. The zero-order chi connectivity index (χ0) is 41.9. The SMILES string of the molecule is CC/C=C\C(O)C/C=C/C=C\C/C=C\C/C=C\CCCC(=O)O[C@H](COC(=O)CCCCCCCCCCCCC/C=C\CCCCCCCC)COP(=O)(O)O. The van der Waals surface area contributed by atoms with Crippen molar-refractivity contribution in [2.75, 3.05) is 13.2 Å². The summed E-state index contributed by atoms with van der Waals surface area (Å²) < 4.78 is 26.4. The van der Waals surface area contributed by atoms with Gasteiger partial charge in [0.1, 0.15) is 6.61 Å². The number of aliphatic hydroxyl groups excluding tert-OH is 1. The predicted molar refractivity (Wildman–Crippen MR) is 236 cm³/mol. The standard InChI is InChI=1S/C47H81O9P/c1-3-5-7-8-9-10-11-12-13-14-15-16-17-18-19-20-24-27-30-33-36-40-46(49)54-42-45(43-55-57(51,52)53)56-47(50)41-37-34-31-28-25-22-21-23-26-29-32-35-39-44(48)38-6-4-2/h6,12-13,21-22,26,28-29,31-32,35,38,44-45,48H,3-5,7-11,14-20,23-25,27,30,33-34,36-37,39-43H2,1-2H3,(H2,51,52,53)/b13-12-,22-21-,29-26-,31-28-,35-32+,38-6-/t44?,45-/m1/s1. The van der Waals surface area contributed by atoms with Crippen LogP contribution in [0.15, 0.2) is 72.9 Å². The lowest BCUT2D eigenvalue weighted by atomic mass is 10.0. The number of phosphoric ester groups is 1. The van der Waals surface area contributed by atoms with Crippen LogP contribution in [0.3, 0.4) is 0 Å². The lowest BCUT2D eigenvalue weighted by Gasteiger charge is -2.18. The summed E-state index contributed by atoms with van der Waals surface area (Å²) >= 11 is 0. The molecule has 0 rings (SSSR count). The van der Waals surface area contributed by atoms with Gasteiger partial charge in [0.05, 0.1) is 12.7 Å². The Labute approximate surface area is 347 Å². The Kier molecular flexibility index (Phi) is 39.7. The molecule has 9 nitrogen and oxygen atoms in total.